The Hall–Kier alpha value is -1.79. The van der Waals surface area contributed by atoms with Gasteiger partial charge in [-0.3, -0.25) is 10.2 Å². The number of para-hydroxylation sites is 1. The van der Waals surface area contributed by atoms with E-state index in [1.807, 2.05) is 18.2 Å². The van der Waals surface area contributed by atoms with Gasteiger partial charge >= 0.3 is 0 Å². The number of hydrazine groups is 1. The van der Waals surface area contributed by atoms with E-state index in [2.05, 4.69) is 5.43 Å². The number of piperidine rings is 1. The molecule has 21 heavy (non-hydrogen) atoms. The fraction of sp³-hybridized carbons (Fsp3) is 0.533. The first kappa shape index (κ1) is 15.6. The van der Waals surface area contributed by atoms with Crippen molar-refractivity contribution in [1.29, 1.82) is 0 Å². The number of carbonyl (C=O) groups is 1. The average Bonchev–Trinajstić information content (AvgIpc) is 2.54. The van der Waals surface area contributed by atoms with Crippen LogP contribution in [0.15, 0.2) is 18.2 Å². The summed E-state index contributed by atoms with van der Waals surface area (Å²) in [4.78, 5) is 13.1. The molecule has 2 atom stereocenters. The van der Waals surface area contributed by atoms with Gasteiger partial charge in [0.05, 0.1) is 38.8 Å². The molecule has 4 N–H and O–H groups in total. The van der Waals surface area contributed by atoms with Crippen LogP contribution in [0, 0.1) is 5.92 Å². The maximum absolute atomic E-state index is 11.7. The van der Waals surface area contributed by atoms with Gasteiger partial charge in [0.25, 0.3) is 0 Å². The van der Waals surface area contributed by atoms with Crippen molar-refractivity contribution in [3.63, 3.8) is 0 Å². The topological polar surface area (TPSA) is 78.0 Å². The van der Waals surface area contributed by atoms with Crippen LogP contribution in [0.5, 0.6) is 11.5 Å². The average molecular weight is 294 g/mol. The molecule has 1 aliphatic heterocycles. The van der Waals surface area contributed by atoms with Gasteiger partial charge in [-0.25, -0.2) is 5.84 Å². The maximum Gasteiger partial charge on any atom is 0.242 e. The molecular formula is C15H24N3O3+. The predicted molar refractivity (Wildman–Crippen MR) is 79.0 cm³/mol. The number of likely N-dealkylation sites (tertiary alicyclic amines) is 1. The Bertz CT molecular complexity index is 493. The SMILES string of the molecule is COc1cccc(C[NH+]2CCC[C@@H](C(=O)NN)C2)c1OC. The Labute approximate surface area is 125 Å². The first-order valence-corrected chi connectivity index (χ1v) is 7.23. The molecule has 0 aliphatic carbocycles. The number of hydrogen-bond donors (Lipinski definition) is 3. The minimum Gasteiger partial charge on any atom is -0.493 e. The third-order valence-corrected chi connectivity index (χ3v) is 4.06. The fourth-order valence-electron chi connectivity index (χ4n) is 3.02. The zero-order chi connectivity index (χ0) is 15.2. The summed E-state index contributed by atoms with van der Waals surface area (Å²) in [5.74, 6) is 6.68. The molecule has 6 nitrogen and oxygen atoms in total. The first-order chi connectivity index (χ1) is 10.2. The lowest BCUT2D eigenvalue weighted by Crippen LogP contribution is -3.12. The second-order valence-corrected chi connectivity index (χ2v) is 5.38. The molecule has 6 heteroatoms. The minimum absolute atomic E-state index is 0.00430. The molecule has 1 aromatic carbocycles. The lowest BCUT2D eigenvalue weighted by atomic mass is 9.97. The summed E-state index contributed by atoms with van der Waals surface area (Å²) in [5.41, 5.74) is 3.36. The van der Waals surface area contributed by atoms with E-state index in [9.17, 15) is 4.79 Å². The van der Waals surface area contributed by atoms with Crippen molar-refractivity contribution < 1.29 is 19.2 Å². The zero-order valence-corrected chi connectivity index (χ0v) is 12.6. The molecule has 1 aliphatic rings. The van der Waals surface area contributed by atoms with Gasteiger partial charge in [0, 0.05) is 0 Å². The number of rotatable bonds is 5. The Morgan fingerprint density at radius 1 is 1.43 bits per heavy atom. The highest BCUT2D eigenvalue weighted by Gasteiger charge is 2.29. The van der Waals surface area contributed by atoms with Gasteiger partial charge in [-0.15, -0.1) is 0 Å². The van der Waals surface area contributed by atoms with Crippen LogP contribution in [0.1, 0.15) is 18.4 Å². The number of methoxy groups -OCH3 is 2. The number of benzene rings is 1. The second kappa shape index (κ2) is 7.28. The highest BCUT2D eigenvalue weighted by Crippen LogP contribution is 2.30. The van der Waals surface area contributed by atoms with Gasteiger partial charge in [0.2, 0.25) is 5.91 Å². The summed E-state index contributed by atoms with van der Waals surface area (Å²) in [5, 5.41) is 0. The summed E-state index contributed by atoms with van der Waals surface area (Å²) in [6, 6.07) is 5.89. The standard InChI is InChI=1S/C15H23N3O3/c1-20-13-7-3-5-11(14(13)21-2)9-18-8-4-6-12(10-18)15(19)17-16/h3,5,7,12H,4,6,8-10,16H2,1-2H3,(H,17,19)/p+1/t12-/m1/s1. The van der Waals surface area contributed by atoms with Crippen LogP contribution >= 0.6 is 0 Å². The molecular weight excluding hydrogens is 270 g/mol. The van der Waals surface area contributed by atoms with Crippen LogP contribution in [-0.2, 0) is 11.3 Å². The van der Waals surface area contributed by atoms with Crippen LogP contribution < -0.4 is 25.6 Å². The molecule has 0 bridgehead atoms. The van der Waals surface area contributed by atoms with Gasteiger partial charge in [-0.2, -0.15) is 0 Å². The van der Waals surface area contributed by atoms with Gasteiger partial charge < -0.3 is 14.4 Å². The van der Waals surface area contributed by atoms with E-state index < -0.39 is 0 Å². The van der Waals surface area contributed by atoms with Crippen molar-refractivity contribution in [1.82, 2.24) is 5.43 Å². The van der Waals surface area contributed by atoms with Crippen molar-refractivity contribution in [3.05, 3.63) is 23.8 Å². The van der Waals surface area contributed by atoms with Gasteiger partial charge in [0.1, 0.15) is 6.54 Å². The third-order valence-electron chi connectivity index (χ3n) is 4.06. The van der Waals surface area contributed by atoms with E-state index in [0.29, 0.717) is 0 Å². The van der Waals surface area contributed by atoms with Crippen LogP contribution in [0.3, 0.4) is 0 Å². The Balaban J connectivity index is 2.09. The van der Waals surface area contributed by atoms with Crippen LogP contribution in [-0.4, -0.2) is 33.2 Å². The largest absolute Gasteiger partial charge is 0.493 e. The number of quaternary nitrogens is 1. The molecule has 1 fully saturated rings. The lowest BCUT2D eigenvalue weighted by molar-refractivity contribution is -0.921. The molecule has 0 saturated carbocycles. The molecule has 1 aromatic rings. The van der Waals surface area contributed by atoms with Crippen molar-refractivity contribution in [2.45, 2.75) is 19.4 Å². The smallest absolute Gasteiger partial charge is 0.242 e. The van der Waals surface area contributed by atoms with E-state index in [1.165, 1.54) is 4.90 Å². The maximum atomic E-state index is 11.7. The normalized spacial score (nSPS) is 21.7. The van der Waals surface area contributed by atoms with Crippen molar-refractivity contribution in [2.75, 3.05) is 27.3 Å². The summed E-state index contributed by atoms with van der Waals surface area (Å²) in [7, 11) is 3.29. The third kappa shape index (κ3) is 3.65. The van der Waals surface area contributed by atoms with Crippen LogP contribution in [0.2, 0.25) is 0 Å². The number of hydrogen-bond acceptors (Lipinski definition) is 4. The Morgan fingerprint density at radius 3 is 2.90 bits per heavy atom. The molecule has 0 spiro atoms. The van der Waals surface area contributed by atoms with Crippen LogP contribution in [0.4, 0.5) is 0 Å². The highest BCUT2D eigenvalue weighted by atomic mass is 16.5. The number of nitrogens with one attached hydrogen (secondary N) is 2. The molecule has 1 unspecified atom stereocenters. The van der Waals surface area contributed by atoms with Gasteiger partial charge in [-0.1, -0.05) is 6.07 Å². The van der Waals surface area contributed by atoms with E-state index >= 15 is 0 Å². The summed E-state index contributed by atoms with van der Waals surface area (Å²) < 4.78 is 10.8. The summed E-state index contributed by atoms with van der Waals surface area (Å²) in [6.45, 7) is 2.66. The fourth-order valence-corrected chi connectivity index (χ4v) is 3.02. The van der Waals surface area contributed by atoms with Crippen LogP contribution in [0.25, 0.3) is 0 Å². The number of amides is 1. The van der Waals surface area contributed by atoms with E-state index in [1.54, 1.807) is 14.2 Å². The summed E-state index contributed by atoms with van der Waals surface area (Å²) >= 11 is 0. The van der Waals surface area contributed by atoms with E-state index in [0.717, 1.165) is 49.5 Å². The second-order valence-electron chi connectivity index (χ2n) is 5.38. The van der Waals surface area contributed by atoms with Crippen molar-refractivity contribution in [3.8, 4) is 11.5 Å². The molecule has 0 radical (unpaired) electrons. The van der Waals surface area contributed by atoms with E-state index in [4.69, 9.17) is 15.3 Å². The quantitative estimate of drug-likeness (QED) is 0.388. The molecule has 1 heterocycles. The predicted octanol–water partition coefficient (Wildman–Crippen LogP) is -0.511. The molecule has 0 aromatic heterocycles. The Kier molecular flexibility index (Phi) is 5.41. The lowest BCUT2D eigenvalue weighted by Gasteiger charge is -2.29. The van der Waals surface area contributed by atoms with Crippen molar-refractivity contribution >= 4 is 5.91 Å². The number of nitrogens with two attached hydrogens (primary N) is 1. The molecule has 1 saturated heterocycles. The zero-order valence-electron chi connectivity index (χ0n) is 12.6. The van der Waals surface area contributed by atoms with Gasteiger partial charge in [0.15, 0.2) is 11.5 Å². The first-order valence-electron chi connectivity index (χ1n) is 7.23. The number of carbonyl (C=O) groups excluding carboxylic acids is 1. The van der Waals surface area contributed by atoms with Crippen molar-refractivity contribution in [2.24, 2.45) is 11.8 Å². The summed E-state index contributed by atoms with van der Waals surface area (Å²) in [6.07, 6.45) is 1.93. The molecule has 116 valence electrons. The molecule has 1 amide bonds. The van der Waals surface area contributed by atoms with E-state index in [-0.39, 0.29) is 11.8 Å². The monoisotopic (exact) mass is 294 g/mol. The molecule has 2 rings (SSSR count). The highest BCUT2D eigenvalue weighted by molar-refractivity contribution is 5.78. The number of ether oxygens (including phenoxy) is 2. The Morgan fingerprint density at radius 2 is 2.24 bits per heavy atom. The van der Waals surface area contributed by atoms with Gasteiger partial charge in [-0.05, 0) is 25.0 Å². The minimum atomic E-state index is -0.0650.